The summed E-state index contributed by atoms with van der Waals surface area (Å²) >= 11 is 0. The van der Waals surface area contributed by atoms with E-state index in [1.54, 1.807) is 13.0 Å². The molecule has 0 spiro atoms. The third-order valence-corrected chi connectivity index (χ3v) is 4.94. The topological polar surface area (TPSA) is 26.7 Å². The van der Waals surface area contributed by atoms with E-state index >= 15 is 0 Å². The fourth-order valence-electron chi connectivity index (χ4n) is 3.78. The summed E-state index contributed by atoms with van der Waals surface area (Å²) in [6.45, 7) is 5.39. The lowest BCUT2D eigenvalue weighted by Crippen LogP contribution is -2.50. The highest BCUT2D eigenvalue weighted by Gasteiger charge is 2.28. The molecular weight excluding hydrogens is 267 g/mol. The van der Waals surface area contributed by atoms with Crippen LogP contribution in [-0.4, -0.2) is 42.2 Å². The number of anilines is 1. The molecule has 2 aliphatic rings. The van der Waals surface area contributed by atoms with E-state index < -0.39 is 6.10 Å². The van der Waals surface area contributed by atoms with Crippen molar-refractivity contribution in [2.24, 2.45) is 0 Å². The Morgan fingerprint density at radius 2 is 1.81 bits per heavy atom. The molecule has 0 amide bonds. The smallest absolute Gasteiger partial charge is 0.146 e. The molecule has 1 saturated carbocycles. The van der Waals surface area contributed by atoms with Crippen molar-refractivity contribution in [3.05, 3.63) is 29.6 Å². The van der Waals surface area contributed by atoms with E-state index in [4.69, 9.17) is 0 Å². The predicted octanol–water partition coefficient (Wildman–Crippen LogP) is 2.94. The highest BCUT2D eigenvalue weighted by Crippen LogP contribution is 2.31. The van der Waals surface area contributed by atoms with Crippen molar-refractivity contribution < 1.29 is 9.50 Å². The summed E-state index contributed by atoms with van der Waals surface area (Å²) in [4.78, 5) is 4.66. The fourth-order valence-corrected chi connectivity index (χ4v) is 3.78. The highest BCUT2D eigenvalue weighted by atomic mass is 19.1. The molecule has 0 aromatic heterocycles. The van der Waals surface area contributed by atoms with Crippen molar-refractivity contribution in [1.82, 2.24) is 4.90 Å². The summed E-state index contributed by atoms with van der Waals surface area (Å²) in [5.74, 6) is -0.220. The quantitative estimate of drug-likeness (QED) is 0.928. The van der Waals surface area contributed by atoms with Gasteiger partial charge in [-0.3, -0.25) is 4.90 Å². The Labute approximate surface area is 126 Å². The maximum atomic E-state index is 14.2. The normalized spacial score (nSPS) is 22.7. The first-order valence-corrected chi connectivity index (χ1v) is 8.12. The minimum absolute atomic E-state index is 0.220. The van der Waals surface area contributed by atoms with Crippen LogP contribution in [0.4, 0.5) is 10.1 Å². The van der Waals surface area contributed by atoms with Crippen LogP contribution in [0, 0.1) is 5.82 Å². The number of aliphatic hydroxyl groups excluding tert-OH is 1. The second-order valence-corrected chi connectivity index (χ2v) is 6.31. The Balaban J connectivity index is 1.72. The van der Waals surface area contributed by atoms with Gasteiger partial charge in [0.2, 0.25) is 0 Å². The molecule has 1 aromatic carbocycles. The van der Waals surface area contributed by atoms with Gasteiger partial charge in [-0.15, -0.1) is 0 Å². The number of benzene rings is 1. The SMILES string of the molecule is C[C@H](O)c1cccc(F)c1N1CCN(C2CCCC2)CC1. The van der Waals surface area contributed by atoms with E-state index in [0.29, 0.717) is 11.3 Å². The zero-order valence-electron chi connectivity index (χ0n) is 12.8. The molecule has 0 bridgehead atoms. The molecule has 1 aromatic rings. The summed E-state index contributed by atoms with van der Waals surface area (Å²) in [7, 11) is 0. The molecule has 0 unspecified atom stereocenters. The summed E-state index contributed by atoms with van der Waals surface area (Å²) in [5.41, 5.74) is 1.29. The molecule has 1 aliphatic carbocycles. The molecule has 0 radical (unpaired) electrons. The van der Waals surface area contributed by atoms with Gasteiger partial charge in [0.05, 0.1) is 11.8 Å². The standard InChI is InChI=1S/C17H25FN2O/c1-13(21)15-7-4-8-16(18)17(15)20-11-9-19(10-12-20)14-5-2-3-6-14/h4,7-8,13-14,21H,2-3,5-6,9-12H2,1H3/t13-/m0/s1. The van der Waals surface area contributed by atoms with Gasteiger partial charge in [0, 0.05) is 37.8 Å². The Hall–Kier alpha value is -1.13. The van der Waals surface area contributed by atoms with Crippen LogP contribution in [0.15, 0.2) is 18.2 Å². The van der Waals surface area contributed by atoms with Gasteiger partial charge in [-0.25, -0.2) is 4.39 Å². The van der Waals surface area contributed by atoms with Crippen molar-refractivity contribution >= 4 is 5.69 Å². The first-order chi connectivity index (χ1) is 10.2. The molecule has 1 atom stereocenters. The lowest BCUT2D eigenvalue weighted by atomic mass is 10.1. The average Bonchev–Trinajstić information content (AvgIpc) is 3.01. The maximum Gasteiger partial charge on any atom is 0.146 e. The molecule has 21 heavy (non-hydrogen) atoms. The highest BCUT2D eigenvalue weighted by molar-refractivity contribution is 5.56. The van der Waals surface area contributed by atoms with Crippen LogP contribution >= 0.6 is 0 Å². The fraction of sp³-hybridized carbons (Fsp3) is 0.647. The Bertz CT molecular complexity index is 478. The number of aliphatic hydroxyl groups is 1. The average molecular weight is 292 g/mol. The molecule has 1 saturated heterocycles. The van der Waals surface area contributed by atoms with E-state index in [1.165, 1.54) is 31.7 Å². The van der Waals surface area contributed by atoms with Gasteiger partial charge in [-0.05, 0) is 25.8 Å². The van der Waals surface area contributed by atoms with Crippen LogP contribution in [0.25, 0.3) is 0 Å². The van der Waals surface area contributed by atoms with Gasteiger partial charge in [-0.1, -0.05) is 25.0 Å². The number of hydrogen-bond acceptors (Lipinski definition) is 3. The van der Waals surface area contributed by atoms with Crippen molar-refractivity contribution in [3.63, 3.8) is 0 Å². The second-order valence-electron chi connectivity index (χ2n) is 6.31. The third kappa shape index (κ3) is 3.06. The Morgan fingerprint density at radius 1 is 1.14 bits per heavy atom. The zero-order valence-corrected chi connectivity index (χ0v) is 12.8. The van der Waals surface area contributed by atoms with Gasteiger partial charge in [0.1, 0.15) is 5.82 Å². The van der Waals surface area contributed by atoms with Gasteiger partial charge in [0.25, 0.3) is 0 Å². The number of hydrogen-bond donors (Lipinski definition) is 1. The number of halogens is 1. The molecule has 1 N–H and O–H groups in total. The molecule has 1 aliphatic heterocycles. The Morgan fingerprint density at radius 3 is 2.43 bits per heavy atom. The largest absolute Gasteiger partial charge is 0.389 e. The number of piperazine rings is 1. The molecule has 3 rings (SSSR count). The Kier molecular flexibility index (Phi) is 4.45. The van der Waals surface area contributed by atoms with Gasteiger partial charge in [-0.2, -0.15) is 0 Å². The summed E-state index contributed by atoms with van der Waals surface area (Å²) in [6.07, 6.45) is 4.70. The van der Waals surface area contributed by atoms with Crippen LogP contribution in [-0.2, 0) is 0 Å². The van der Waals surface area contributed by atoms with Crippen LogP contribution in [0.2, 0.25) is 0 Å². The van der Waals surface area contributed by atoms with E-state index in [1.807, 2.05) is 6.07 Å². The molecule has 2 fully saturated rings. The maximum absolute atomic E-state index is 14.2. The van der Waals surface area contributed by atoms with Crippen molar-refractivity contribution in [2.45, 2.75) is 44.8 Å². The minimum Gasteiger partial charge on any atom is -0.389 e. The van der Waals surface area contributed by atoms with E-state index in [-0.39, 0.29) is 5.82 Å². The number of para-hydroxylation sites is 1. The third-order valence-electron chi connectivity index (χ3n) is 4.94. The summed E-state index contributed by atoms with van der Waals surface area (Å²) in [5, 5.41) is 9.88. The van der Waals surface area contributed by atoms with E-state index in [2.05, 4.69) is 9.80 Å². The molecular formula is C17H25FN2O. The number of rotatable bonds is 3. The van der Waals surface area contributed by atoms with Crippen LogP contribution in [0.1, 0.15) is 44.3 Å². The molecule has 1 heterocycles. The monoisotopic (exact) mass is 292 g/mol. The predicted molar refractivity (Wildman–Crippen MR) is 83.1 cm³/mol. The van der Waals surface area contributed by atoms with Gasteiger partial charge >= 0.3 is 0 Å². The van der Waals surface area contributed by atoms with Gasteiger partial charge in [0.15, 0.2) is 0 Å². The van der Waals surface area contributed by atoms with Gasteiger partial charge < -0.3 is 10.0 Å². The zero-order chi connectivity index (χ0) is 14.8. The number of nitrogens with zero attached hydrogens (tertiary/aromatic N) is 2. The van der Waals surface area contributed by atoms with Crippen molar-refractivity contribution in [1.29, 1.82) is 0 Å². The van der Waals surface area contributed by atoms with Crippen molar-refractivity contribution in [2.75, 3.05) is 31.1 Å². The molecule has 4 heteroatoms. The summed E-state index contributed by atoms with van der Waals surface area (Å²) in [6, 6.07) is 5.73. The van der Waals surface area contributed by atoms with Crippen LogP contribution < -0.4 is 4.90 Å². The van der Waals surface area contributed by atoms with E-state index in [9.17, 15) is 9.50 Å². The van der Waals surface area contributed by atoms with Crippen molar-refractivity contribution in [3.8, 4) is 0 Å². The lowest BCUT2D eigenvalue weighted by Gasteiger charge is -2.40. The first kappa shape index (κ1) is 14.8. The molecule has 3 nitrogen and oxygen atoms in total. The molecule has 116 valence electrons. The summed E-state index contributed by atoms with van der Waals surface area (Å²) < 4.78 is 14.2. The van der Waals surface area contributed by atoms with Crippen LogP contribution in [0.3, 0.4) is 0 Å². The first-order valence-electron chi connectivity index (χ1n) is 8.12. The lowest BCUT2D eigenvalue weighted by molar-refractivity contribution is 0.184. The van der Waals surface area contributed by atoms with E-state index in [0.717, 1.165) is 32.2 Å². The minimum atomic E-state index is -0.636. The second kappa shape index (κ2) is 6.32. The van der Waals surface area contributed by atoms with Crippen LogP contribution in [0.5, 0.6) is 0 Å².